The molecule has 33 heavy (non-hydrogen) atoms. The Morgan fingerprint density at radius 3 is 2.18 bits per heavy atom. The highest BCUT2D eigenvalue weighted by Crippen LogP contribution is 2.44. The monoisotopic (exact) mass is 452 g/mol. The molecule has 2 aromatic rings. The van der Waals surface area contributed by atoms with E-state index in [0.29, 0.717) is 19.4 Å². The third-order valence-corrected chi connectivity index (χ3v) is 6.01. The van der Waals surface area contributed by atoms with Crippen molar-refractivity contribution < 1.29 is 24.2 Å². The van der Waals surface area contributed by atoms with Crippen molar-refractivity contribution in [3.8, 4) is 11.1 Å². The number of aliphatic carboxylic acids is 1. The van der Waals surface area contributed by atoms with Crippen molar-refractivity contribution in [2.24, 2.45) is 5.92 Å². The average molecular weight is 453 g/mol. The number of carboxylic acid groups (broad SMARTS) is 1. The highest BCUT2D eigenvalue weighted by atomic mass is 16.5. The number of hydrogen-bond acceptors (Lipinski definition) is 4. The van der Waals surface area contributed by atoms with Gasteiger partial charge in [0.1, 0.15) is 6.61 Å². The van der Waals surface area contributed by atoms with Gasteiger partial charge >= 0.3 is 12.1 Å². The van der Waals surface area contributed by atoms with Crippen LogP contribution in [0.3, 0.4) is 0 Å². The van der Waals surface area contributed by atoms with Crippen molar-refractivity contribution in [1.29, 1.82) is 0 Å². The maximum Gasteiger partial charge on any atom is 0.407 e. The summed E-state index contributed by atoms with van der Waals surface area (Å²) in [7, 11) is 0. The fourth-order valence-corrected chi connectivity index (χ4v) is 4.21. The SMILES string of the molecule is CC(CCNC(=O)C[C@H](C)NC(=O)OCC1c2ccccc2-c2ccccc21)CCC(=O)O. The van der Waals surface area contributed by atoms with Gasteiger partial charge in [-0.2, -0.15) is 0 Å². The standard InChI is InChI=1S/C26H32N2O5/c1-17(11-12-25(30)31)13-14-27-24(29)15-18(2)28-26(32)33-16-23-21-9-5-3-7-19(21)20-8-4-6-10-22(20)23/h3-10,17-18,23H,11-16H2,1-2H3,(H,27,29)(H,28,32)(H,30,31)/t17?,18-/m0/s1. The smallest absolute Gasteiger partial charge is 0.407 e. The van der Waals surface area contributed by atoms with Gasteiger partial charge in [-0.3, -0.25) is 9.59 Å². The number of carbonyl (C=O) groups is 3. The third kappa shape index (κ3) is 6.81. The second-order valence-electron chi connectivity index (χ2n) is 8.75. The minimum atomic E-state index is -0.806. The Morgan fingerprint density at radius 2 is 1.58 bits per heavy atom. The number of carboxylic acids is 1. The first-order chi connectivity index (χ1) is 15.8. The summed E-state index contributed by atoms with van der Waals surface area (Å²) < 4.78 is 5.52. The topological polar surface area (TPSA) is 105 Å². The highest BCUT2D eigenvalue weighted by Gasteiger charge is 2.29. The van der Waals surface area contributed by atoms with E-state index in [2.05, 4.69) is 34.9 Å². The Kier molecular flexibility index (Phi) is 8.46. The van der Waals surface area contributed by atoms with Crippen LogP contribution in [0, 0.1) is 5.92 Å². The molecule has 2 atom stereocenters. The zero-order chi connectivity index (χ0) is 23.8. The predicted molar refractivity (Wildman–Crippen MR) is 126 cm³/mol. The Morgan fingerprint density at radius 1 is 0.970 bits per heavy atom. The van der Waals surface area contributed by atoms with Crippen LogP contribution in [0.5, 0.6) is 0 Å². The minimum Gasteiger partial charge on any atom is -0.481 e. The maximum absolute atomic E-state index is 12.3. The molecule has 0 heterocycles. The third-order valence-electron chi connectivity index (χ3n) is 6.01. The van der Waals surface area contributed by atoms with Crippen LogP contribution in [0.2, 0.25) is 0 Å². The van der Waals surface area contributed by atoms with E-state index in [9.17, 15) is 14.4 Å². The number of fused-ring (bicyclic) bond motifs is 3. The second kappa shape index (κ2) is 11.5. The summed E-state index contributed by atoms with van der Waals surface area (Å²) in [5.41, 5.74) is 4.64. The van der Waals surface area contributed by atoms with Crippen LogP contribution >= 0.6 is 0 Å². The molecule has 0 saturated carbocycles. The molecule has 1 aliphatic rings. The first-order valence-corrected chi connectivity index (χ1v) is 11.4. The number of benzene rings is 2. The lowest BCUT2D eigenvalue weighted by molar-refractivity contribution is -0.137. The molecule has 1 aliphatic carbocycles. The lowest BCUT2D eigenvalue weighted by Gasteiger charge is -2.17. The van der Waals surface area contributed by atoms with E-state index in [-0.39, 0.29) is 43.2 Å². The molecule has 3 rings (SSSR count). The molecule has 7 heteroatoms. The van der Waals surface area contributed by atoms with Crippen molar-refractivity contribution in [2.75, 3.05) is 13.2 Å². The molecule has 0 fully saturated rings. The van der Waals surface area contributed by atoms with Crippen molar-refractivity contribution in [1.82, 2.24) is 10.6 Å². The van der Waals surface area contributed by atoms with Gasteiger partial charge in [-0.25, -0.2) is 4.79 Å². The van der Waals surface area contributed by atoms with Crippen LogP contribution in [-0.4, -0.2) is 42.3 Å². The van der Waals surface area contributed by atoms with Gasteiger partial charge in [-0.1, -0.05) is 55.5 Å². The number of alkyl carbamates (subject to hydrolysis) is 1. The van der Waals surface area contributed by atoms with Gasteiger partial charge in [0.05, 0.1) is 0 Å². The van der Waals surface area contributed by atoms with Gasteiger partial charge in [-0.05, 0) is 47.9 Å². The summed E-state index contributed by atoms with van der Waals surface area (Å²) in [6, 6.07) is 15.9. The molecule has 0 aromatic heterocycles. The van der Waals surface area contributed by atoms with Gasteiger partial charge in [0.2, 0.25) is 5.91 Å². The molecule has 0 spiro atoms. The molecule has 0 saturated heterocycles. The summed E-state index contributed by atoms with van der Waals surface area (Å²) in [5, 5.41) is 14.3. The quantitative estimate of drug-likeness (QED) is 0.471. The molecule has 176 valence electrons. The Bertz CT molecular complexity index is 945. The zero-order valence-electron chi connectivity index (χ0n) is 19.2. The Hall–Kier alpha value is -3.35. The molecule has 0 aliphatic heterocycles. The van der Waals surface area contributed by atoms with Crippen LogP contribution in [0.1, 0.15) is 56.6 Å². The van der Waals surface area contributed by atoms with E-state index >= 15 is 0 Å². The van der Waals surface area contributed by atoms with Crippen LogP contribution in [0.15, 0.2) is 48.5 Å². The summed E-state index contributed by atoms with van der Waals surface area (Å²) in [6.07, 6.45) is 1.04. The Balaban J connectivity index is 1.40. The fraction of sp³-hybridized carbons (Fsp3) is 0.423. The molecular weight excluding hydrogens is 420 g/mol. The number of amides is 2. The highest BCUT2D eigenvalue weighted by molar-refractivity contribution is 5.79. The van der Waals surface area contributed by atoms with Crippen molar-refractivity contribution >= 4 is 18.0 Å². The fourth-order valence-electron chi connectivity index (χ4n) is 4.21. The van der Waals surface area contributed by atoms with Crippen LogP contribution in [-0.2, 0) is 14.3 Å². The minimum absolute atomic E-state index is 0.00938. The number of ether oxygens (including phenoxy) is 1. The lowest BCUT2D eigenvalue weighted by atomic mass is 9.98. The maximum atomic E-state index is 12.3. The van der Waals surface area contributed by atoms with Gasteiger partial charge in [0.25, 0.3) is 0 Å². The summed E-state index contributed by atoms with van der Waals surface area (Å²) in [5.74, 6) is -0.756. The van der Waals surface area contributed by atoms with Gasteiger partial charge < -0.3 is 20.5 Å². The number of carbonyl (C=O) groups excluding carboxylic acids is 2. The Labute approximate surface area is 194 Å². The van der Waals surface area contributed by atoms with Crippen LogP contribution in [0.4, 0.5) is 4.79 Å². The van der Waals surface area contributed by atoms with E-state index in [4.69, 9.17) is 9.84 Å². The molecule has 0 radical (unpaired) electrons. The first kappa shape index (κ1) is 24.3. The zero-order valence-corrected chi connectivity index (χ0v) is 19.2. The average Bonchev–Trinajstić information content (AvgIpc) is 3.10. The second-order valence-corrected chi connectivity index (χ2v) is 8.75. The molecule has 1 unspecified atom stereocenters. The molecule has 0 bridgehead atoms. The van der Waals surface area contributed by atoms with E-state index in [1.165, 1.54) is 11.1 Å². The summed E-state index contributed by atoms with van der Waals surface area (Å²) in [6.45, 7) is 4.44. The lowest BCUT2D eigenvalue weighted by Crippen LogP contribution is -2.38. The van der Waals surface area contributed by atoms with Crippen LogP contribution in [0.25, 0.3) is 11.1 Å². The van der Waals surface area contributed by atoms with Crippen molar-refractivity contribution in [3.05, 3.63) is 59.7 Å². The number of rotatable bonds is 11. The number of nitrogens with one attached hydrogen (secondary N) is 2. The van der Waals surface area contributed by atoms with E-state index in [0.717, 1.165) is 11.1 Å². The van der Waals surface area contributed by atoms with Crippen LogP contribution < -0.4 is 10.6 Å². The summed E-state index contributed by atoms with van der Waals surface area (Å²) >= 11 is 0. The predicted octanol–water partition coefficient (Wildman–Crippen LogP) is 4.31. The molecule has 2 amide bonds. The normalized spacial score (nSPS) is 14.0. The largest absolute Gasteiger partial charge is 0.481 e. The van der Waals surface area contributed by atoms with E-state index < -0.39 is 12.1 Å². The molecule has 7 nitrogen and oxygen atoms in total. The molecule has 2 aromatic carbocycles. The molecule has 3 N–H and O–H groups in total. The number of hydrogen-bond donors (Lipinski definition) is 3. The van der Waals surface area contributed by atoms with Gasteiger partial charge in [0.15, 0.2) is 0 Å². The van der Waals surface area contributed by atoms with Gasteiger partial charge in [-0.15, -0.1) is 0 Å². The van der Waals surface area contributed by atoms with E-state index in [1.54, 1.807) is 6.92 Å². The molecular formula is C26H32N2O5. The van der Waals surface area contributed by atoms with Crippen molar-refractivity contribution in [2.45, 2.75) is 51.5 Å². The van der Waals surface area contributed by atoms with E-state index in [1.807, 2.05) is 31.2 Å². The summed E-state index contributed by atoms with van der Waals surface area (Å²) in [4.78, 5) is 35.1. The first-order valence-electron chi connectivity index (χ1n) is 11.4. The van der Waals surface area contributed by atoms with Gasteiger partial charge in [0, 0.05) is 31.3 Å². The van der Waals surface area contributed by atoms with Crippen molar-refractivity contribution in [3.63, 3.8) is 0 Å².